The predicted molar refractivity (Wildman–Crippen MR) is 46.1 cm³/mol. The molecule has 1 nitrogen and oxygen atoms in total. The molecule has 0 aliphatic rings. The number of rotatable bonds is 1. The molecule has 0 saturated carbocycles. The molecule has 0 saturated heterocycles. The van der Waals surface area contributed by atoms with Crippen molar-refractivity contribution < 1.29 is 22.4 Å². The van der Waals surface area contributed by atoms with Crippen molar-refractivity contribution in [2.24, 2.45) is 0 Å². The van der Waals surface area contributed by atoms with Gasteiger partial charge in [0.2, 0.25) is 0 Å². The molecule has 0 unspecified atom stereocenters. The van der Waals surface area contributed by atoms with Crippen LogP contribution in [0.1, 0.15) is 28.4 Å². The van der Waals surface area contributed by atoms with E-state index < -0.39 is 28.9 Å². The van der Waals surface area contributed by atoms with E-state index in [0.717, 1.165) is 19.1 Å². The van der Waals surface area contributed by atoms with Gasteiger partial charge in [-0.05, 0) is 19.4 Å². The van der Waals surface area contributed by atoms with Gasteiger partial charge in [-0.25, -0.2) is 4.39 Å². The zero-order chi connectivity index (χ0) is 11.8. The van der Waals surface area contributed by atoms with Gasteiger partial charge in [0.25, 0.3) is 0 Å². The van der Waals surface area contributed by atoms with Crippen LogP contribution in [0.2, 0.25) is 0 Å². The summed E-state index contributed by atoms with van der Waals surface area (Å²) in [6.07, 6.45) is -4.85. The van der Waals surface area contributed by atoms with Crippen LogP contribution in [-0.2, 0) is 6.18 Å². The molecule has 15 heavy (non-hydrogen) atoms. The molecule has 0 aromatic heterocycles. The van der Waals surface area contributed by atoms with Crippen LogP contribution in [-0.4, -0.2) is 5.78 Å². The number of hydrogen-bond acceptors (Lipinski definition) is 1. The summed E-state index contributed by atoms with van der Waals surface area (Å²) >= 11 is 0. The zero-order valence-electron chi connectivity index (χ0n) is 8.07. The van der Waals surface area contributed by atoms with E-state index in [1.54, 1.807) is 0 Å². The van der Waals surface area contributed by atoms with Gasteiger partial charge in [0.05, 0.1) is 0 Å². The van der Waals surface area contributed by atoms with Crippen molar-refractivity contribution >= 4 is 5.78 Å². The highest BCUT2D eigenvalue weighted by molar-refractivity contribution is 5.95. The van der Waals surface area contributed by atoms with E-state index in [0.29, 0.717) is 0 Å². The molecule has 0 heterocycles. The van der Waals surface area contributed by atoms with Crippen LogP contribution in [0.5, 0.6) is 0 Å². The van der Waals surface area contributed by atoms with Crippen molar-refractivity contribution in [3.8, 4) is 0 Å². The van der Waals surface area contributed by atoms with E-state index in [9.17, 15) is 22.4 Å². The third-order valence-corrected chi connectivity index (χ3v) is 2.00. The van der Waals surface area contributed by atoms with Crippen LogP contribution in [0.3, 0.4) is 0 Å². The second-order valence-corrected chi connectivity index (χ2v) is 3.17. The summed E-state index contributed by atoms with van der Waals surface area (Å²) in [6.45, 7) is 2.19. The van der Waals surface area contributed by atoms with E-state index in [1.165, 1.54) is 6.92 Å². The summed E-state index contributed by atoms with van der Waals surface area (Å²) in [4.78, 5) is 10.9. The predicted octanol–water partition coefficient (Wildman–Crippen LogP) is 3.36. The van der Waals surface area contributed by atoms with Crippen molar-refractivity contribution in [3.05, 3.63) is 34.6 Å². The van der Waals surface area contributed by atoms with Crippen LogP contribution < -0.4 is 0 Å². The van der Waals surface area contributed by atoms with Gasteiger partial charge >= 0.3 is 6.18 Å². The van der Waals surface area contributed by atoms with E-state index in [4.69, 9.17) is 0 Å². The number of carbonyl (C=O) groups is 1. The normalized spacial score (nSPS) is 11.6. The lowest BCUT2D eigenvalue weighted by Crippen LogP contribution is -2.15. The van der Waals surface area contributed by atoms with Crippen molar-refractivity contribution in [1.82, 2.24) is 0 Å². The molecule has 1 rings (SSSR count). The number of carbonyl (C=O) groups excluding carboxylic acids is 1. The second kappa shape index (κ2) is 3.64. The minimum atomic E-state index is -4.85. The molecule has 0 aliphatic carbocycles. The average Bonchev–Trinajstić information content (AvgIpc) is 2.06. The highest BCUT2D eigenvalue weighted by Gasteiger charge is 2.38. The fourth-order valence-electron chi connectivity index (χ4n) is 1.25. The Labute approximate surface area is 83.7 Å². The minimum absolute atomic E-state index is 0.132. The summed E-state index contributed by atoms with van der Waals surface area (Å²) in [5, 5.41) is 0. The molecular formula is C10H8F4O. The first-order chi connectivity index (χ1) is 6.75. The number of aryl methyl sites for hydroxylation is 1. The Morgan fingerprint density at radius 3 is 2.20 bits per heavy atom. The standard InChI is InChI=1S/C10H8F4O/c1-5-3-4-7(6(2)15)8(9(5)11)10(12,13)14/h3-4H,1-2H3. The molecule has 0 spiro atoms. The molecule has 0 N–H and O–H groups in total. The lowest BCUT2D eigenvalue weighted by atomic mass is 10.0. The Morgan fingerprint density at radius 2 is 1.80 bits per heavy atom. The minimum Gasteiger partial charge on any atom is -0.294 e. The number of hydrogen-bond donors (Lipinski definition) is 0. The molecular weight excluding hydrogens is 212 g/mol. The maximum atomic E-state index is 13.2. The van der Waals surface area contributed by atoms with E-state index >= 15 is 0 Å². The van der Waals surface area contributed by atoms with Crippen molar-refractivity contribution in [1.29, 1.82) is 0 Å². The lowest BCUT2D eigenvalue weighted by molar-refractivity contribution is -0.140. The van der Waals surface area contributed by atoms with E-state index in [2.05, 4.69) is 0 Å². The Hall–Kier alpha value is -1.39. The van der Waals surface area contributed by atoms with Crippen LogP contribution in [0.15, 0.2) is 12.1 Å². The zero-order valence-corrected chi connectivity index (χ0v) is 8.07. The lowest BCUT2D eigenvalue weighted by Gasteiger charge is -2.13. The number of alkyl halides is 3. The Morgan fingerprint density at radius 1 is 1.27 bits per heavy atom. The molecule has 5 heteroatoms. The first kappa shape index (κ1) is 11.7. The van der Waals surface area contributed by atoms with Crippen molar-refractivity contribution in [2.75, 3.05) is 0 Å². The SMILES string of the molecule is CC(=O)c1ccc(C)c(F)c1C(F)(F)F. The van der Waals surface area contributed by atoms with Gasteiger partial charge in [-0.15, -0.1) is 0 Å². The quantitative estimate of drug-likeness (QED) is 0.524. The topological polar surface area (TPSA) is 17.1 Å². The highest BCUT2D eigenvalue weighted by Crippen LogP contribution is 2.35. The summed E-state index contributed by atoms with van der Waals surface area (Å²) < 4.78 is 50.6. The fraction of sp³-hybridized carbons (Fsp3) is 0.300. The second-order valence-electron chi connectivity index (χ2n) is 3.17. The molecule has 0 radical (unpaired) electrons. The first-order valence-corrected chi connectivity index (χ1v) is 4.12. The van der Waals surface area contributed by atoms with E-state index in [1.807, 2.05) is 0 Å². The maximum absolute atomic E-state index is 13.2. The smallest absolute Gasteiger partial charge is 0.294 e. The fourth-order valence-corrected chi connectivity index (χ4v) is 1.25. The van der Waals surface area contributed by atoms with Crippen molar-refractivity contribution in [3.63, 3.8) is 0 Å². The van der Waals surface area contributed by atoms with Gasteiger partial charge in [-0.3, -0.25) is 4.79 Å². The molecule has 0 amide bonds. The molecule has 0 fully saturated rings. The van der Waals surface area contributed by atoms with Gasteiger partial charge in [0, 0.05) is 5.56 Å². The largest absolute Gasteiger partial charge is 0.419 e. The molecule has 82 valence electrons. The van der Waals surface area contributed by atoms with Gasteiger partial charge in [0.1, 0.15) is 11.4 Å². The summed E-state index contributed by atoms with van der Waals surface area (Å²) in [5.41, 5.74) is -2.24. The van der Waals surface area contributed by atoms with E-state index in [-0.39, 0.29) is 5.56 Å². The molecule has 0 atom stereocenters. The Bertz CT molecular complexity index is 407. The third-order valence-electron chi connectivity index (χ3n) is 2.00. The van der Waals surface area contributed by atoms with Gasteiger partial charge in [-0.2, -0.15) is 13.2 Å². The first-order valence-electron chi connectivity index (χ1n) is 4.12. The third kappa shape index (κ3) is 2.16. The summed E-state index contributed by atoms with van der Waals surface area (Å²) in [5.74, 6) is -2.18. The van der Waals surface area contributed by atoms with Crippen LogP contribution >= 0.6 is 0 Å². The van der Waals surface area contributed by atoms with Gasteiger partial charge < -0.3 is 0 Å². The monoisotopic (exact) mass is 220 g/mol. The average molecular weight is 220 g/mol. The molecule has 1 aromatic rings. The number of halogens is 4. The summed E-state index contributed by atoms with van der Waals surface area (Å²) in [7, 11) is 0. The number of ketones is 1. The number of benzene rings is 1. The van der Waals surface area contributed by atoms with Crippen molar-refractivity contribution in [2.45, 2.75) is 20.0 Å². The highest BCUT2D eigenvalue weighted by atomic mass is 19.4. The molecule has 0 bridgehead atoms. The molecule has 1 aromatic carbocycles. The van der Waals surface area contributed by atoms with Crippen LogP contribution in [0.4, 0.5) is 17.6 Å². The van der Waals surface area contributed by atoms with Crippen LogP contribution in [0.25, 0.3) is 0 Å². The van der Waals surface area contributed by atoms with Crippen LogP contribution in [0, 0.1) is 12.7 Å². The Balaban J connectivity index is 3.57. The maximum Gasteiger partial charge on any atom is 0.419 e. The van der Waals surface area contributed by atoms with Gasteiger partial charge in [0.15, 0.2) is 5.78 Å². The van der Waals surface area contributed by atoms with Gasteiger partial charge in [-0.1, -0.05) is 12.1 Å². The summed E-state index contributed by atoms with van der Waals surface area (Å²) in [6, 6.07) is 2.14. The Kier molecular flexibility index (Phi) is 2.83. The number of Topliss-reactive ketones (excluding diaryl/α,β-unsaturated/α-hetero) is 1. The molecule has 0 aliphatic heterocycles.